The fourth-order valence-corrected chi connectivity index (χ4v) is 2.19. The predicted molar refractivity (Wildman–Crippen MR) is 81.2 cm³/mol. The fraction of sp³-hybridized carbons (Fsp3) is 0.438. The summed E-state index contributed by atoms with van der Waals surface area (Å²) in [6.45, 7) is 4.13. The van der Waals surface area contributed by atoms with Crippen molar-refractivity contribution < 1.29 is 5.11 Å². The van der Waals surface area contributed by atoms with E-state index in [1.807, 2.05) is 24.4 Å². The third-order valence-corrected chi connectivity index (χ3v) is 3.46. The minimum Gasteiger partial charge on any atom is -0.396 e. The van der Waals surface area contributed by atoms with Crippen molar-refractivity contribution in [2.75, 3.05) is 13.2 Å². The van der Waals surface area contributed by atoms with Gasteiger partial charge in [-0.05, 0) is 30.9 Å². The van der Waals surface area contributed by atoms with Crippen molar-refractivity contribution in [3.05, 3.63) is 42.1 Å². The van der Waals surface area contributed by atoms with Crippen molar-refractivity contribution in [3.8, 4) is 11.3 Å². The molecule has 0 amide bonds. The zero-order chi connectivity index (χ0) is 14.2. The minimum absolute atomic E-state index is 0.278. The van der Waals surface area contributed by atoms with Gasteiger partial charge in [0.05, 0.1) is 11.9 Å². The Morgan fingerprint density at radius 3 is 2.85 bits per heavy atom. The molecule has 0 aliphatic rings. The topological polar surface area (TPSA) is 60.9 Å². The first-order valence-electron chi connectivity index (χ1n) is 7.20. The lowest BCUT2D eigenvalue weighted by Crippen LogP contribution is -2.16. The second-order valence-corrected chi connectivity index (χ2v) is 5.24. The molecule has 0 aliphatic heterocycles. The van der Waals surface area contributed by atoms with Crippen molar-refractivity contribution in [1.82, 2.24) is 15.5 Å². The highest BCUT2D eigenvalue weighted by molar-refractivity contribution is 5.62. The van der Waals surface area contributed by atoms with Crippen LogP contribution in [0.2, 0.25) is 0 Å². The highest BCUT2D eigenvalue weighted by atomic mass is 16.3. The molecular weight excluding hydrogens is 250 g/mol. The summed E-state index contributed by atoms with van der Waals surface area (Å²) in [5, 5.41) is 19.6. The lowest BCUT2D eigenvalue weighted by molar-refractivity contribution is 0.228. The van der Waals surface area contributed by atoms with Crippen LogP contribution in [-0.2, 0) is 6.54 Å². The van der Waals surface area contributed by atoms with Crippen molar-refractivity contribution in [1.29, 1.82) is 0 Å². The number of aliphatic hydroxyl groups excluding tert-OH is 1. The van der Waals surface area contributed by atoms with Crippen LogP contribution in [0.15, 0.2) is 36.5 Å². The molecule has 1 unspecified atom stereocenters. The van der Waals surface area contributed by atoms with Gasteiger partial charge in [-0.1, -0.05) is 37.3 Å². The maximum absolute atomic E-state index is 8.97. The molecule has 4 heteroatoms. The summed E-state index contributed by atoms with van der Waals surface area (Å²) in [5.41, 5.74) is 3.43. The number of nitrogens with zero attached hydrogens (tertiary/aromatic N) is 1. The molecule has 0 fully saturated rings. The Morgan fingerprint density at radius 1 is 1.30 bits per heavy atom. The van der Waals surface area contributed by atoms with E-state index < -0.39 is 0 Å². The van der Waals surface area contributed by atoms with E-state index in [4.69, 9.17) is 5.11 Å². The molecule has 108 valence electrons. The Morgan fingerprint density at radius 2 is 2.10 bits per heavy atom. The zero-order valence-electron chi connectivity index (χ0n) is 12.0. The molecule has 2 aromatic rings. The number of hydrogen-bond donors (Lipinski definition) is 3. The average molecular weight is 273 g/mol. The van der Waals surface area contributed by atoms with E-state index in [-0.39, 0.29) is 6.61 Å². The number of rotatable bonds is 8. The predicted octanol–water partition coefficient (Wildman–Crippen LogP) is 2.57. The molecule has 0 saturated carbocycles. The minimum atomic E-state index is 0.278. The fourth-order valence-electron chi connectivity index (χ4n) is 2.19. The molecule has 1 aromatic heterocycles. The van der Waals surface area contributed by atoms with Crippen LogP contribution in [0.3, 0.4) is 0 Å². The van der Waals surface area contributed by atoms with Gasteiger partial charge in [0.25, 0.3) is 0 Å². The zero-order valence-corrected chi connectivity index (χ0v) is 12.0. The Hall–Kier alpha value is -1.65. The van der Waals surface area contributed by atoms with Crippen LogP contribution in [0.4, 0.5) is 0 Å². The SMILES string of the molecule is CC(CO)CCCNCc1cn[nH]c1-c1ccccc1. The molecule has 1 atom stereocenters. The second kappa shape index (κ2) is 7.82. The smallest absolute Gasteiger partial charge is 0.0695 e. The van der Waals surface area contributed by atoms with E-state index >= 15 is 0 Å². The van der Waals surface area contributed by atoms with Crippen molar-refractivity contribution >= 4 is 0 Å². The summed E-state index contributed by atoms with van der Waals surface area (Å²) in [6, 6.07) is 10.2. The van der Waals surface area contributed by atoms with Gasteiger partial charge in [0.2, 0.25) is 0 Å². The summed E-state index contributed by atoms with van der Waals surface area (Å²) in [5.74, 6) is 0.394. The van der Waals surface area contributed by atoms with Crippen LogP contribution in [0.25, 0.3) is 11.3 Å². The maximum Gasteiger partial charge on any atom is 0.0695 e. The second-order valence-electron chi connectivity index (χ2n) is 5.24. The number of hydrogen-bond acceptors (Lipinski definition) is 3. The van der Waals surface area contributed by atoms with Crippen molar-refractivity contribution in [2.45, 2.75) is 26.3 Å². The Kier molecular flexibility index (Phi) is 5.77. The van der Waals surface area contributed by atoms with E-state index in [9.17, 15) is 0 Å². The first-order valence-corrected chi connectivity index (χ1v) is 7.20. The van der Waals surface area contributed by atoms with E-state index in [0.717, 1.165) is 37.2 Å². The maximum atomic E-state index is 8.97. The standard InChI is InChI=1S/C16H23N3O/c1-13(12-20)6-5-9-17-10-15-11-18-19-16(15)14-7-3-2-4-8-14/h2-4,7-8,11,13,17,20H,5-6,9-10,12H2,1H3,(H,18,19). The molecule has 0 spiro atoms. The van der Waals surface area contributed by atoms with Gasteiger partial charge < -0.3 is 10.4 Å². The Bertz CT molecular complexity index is 495. The third kappa shape index (κ3) is 4.18. The number of aromatic amines is 1. The van der Waals surface area contributed by atoms with Gasteiger partial charge in [-0.25, -0.2) is 0 Å². The van der Waals surface area contributed by atoms with Crippen molar-refractivity contribution in [2.24, 2.45) is 5.92 Å². The molecule has 0 radical (unpaired) electrons. The van der Waals surface area contributed by atoms with Gasteiger partial charge in [0, 0.05) is 18.7 Å². The number of H-pyrrole nitrogens is 1. The van der Waals surface area contributed by atoms with Crippen molar-refractivity contribution in [3.63, 3.8) is 0 Å². The van der Waals surface area contributed by atoms with Gasteiger partial charge in [-0.3, -0.25) is 5.10 Å². The number of aliphatic hydroxyl groups is 1. The van der Waals surface area contributed by atoms with E-state index in [1.54, 1.807) is 0 Å². The van der Waals surface area contributed by atoms with Crippen LogP contribution in [0.1, 0.15) is 25.3 Å². The van der Waals surface area contributed by atoms with E-state index in [1.165, 1.54) is 5.56 Å². The molecule has 4 nitrogen and oxygen atoms in total. The molecule has 3 N–H and O–H groups in total. The molecule has 2 rings (SSSR count). The van der Waals surface area contributed by atoms with Gasteiger partial charge in [-0.2, -0.15) is 5.10 Å². The largest absolute Gasteiger partial charge is 0.396 e. The summed E-state index contributed by atoms with van der Waals surface area (Å²) >= 11 is 0. The molecule has 0 saturated heterocycles. The Balaban J connectivity index is 1.81. The lowest BCUT2D eigenvalue weighted by Gasteiger charge is -2.08. The van der Waals surface area contributed by atoms with Crippen LogP contribution in [-0.4, -0.2) is 28.5 Å². The van der Waals surface area contributed by atoms with Gasteiger partial charge >= 0.3 is 0 Å². The van der Waals surface area contributed by atoms with Gasteiger partial charge in [-0.15, -0.1) is 0 Å². The number of nitrogens with one attached hydrogen (secondary N) is 2. The number of aromatic nitrogens is 2. The highest BCUT2D eigenvalue weighted by Gasteiger charge is 2.06. The molecule has 1 heterocycles. The van der Waals surface area contributed by atoms with Crippen LogP contribution in [0, 0.1) is 5.92 Å². The molecule has 1 aromatic carbocycles. The first kappa shape index (κ1) is 14.8. The van der Waals surface area contributed by atoms with Crippen LogP contribution >= 0.6 is 0 Å². The van der Waals surface area contributed by atoms with Crippen LogP contribution < -0.4 is 5.32 Å². The normalized spacial score (nSPS) is 12.5. The first-order chi connectivity index (χ1) is 9.81. The molecule has 0 aliphatic carbocycles. The van der Waals surface area contributed by atoms with Gasteiger partial charge in [0.1, 0.15) is 0 Å². The lowest BCUT2D eigenvalue weighted by atomic mass is 10.1. The average Bonchev–Trinajstić information content (AvgIpc) is 2.96. The molecule has 20 heavy (non-hydrogen) atoms. The Labute approximate surface area is 120 Å². The molecular formula is C16H23N3O. The third-order valence-electron chi connectivity index (χ3n) is 3.46. The van der Waals surface area contributed by atoms with Crippen LogP contribution in [0.5, 0.6) is 0 Å². The summed E-state index contributed by atoms with van der Waals surface area (Å²) in [4.78, 5) is 0. The summed E-state index contributed by atoms with van der Waals surface area (Å²) < 4.78 is 0. The molecule has 0 bridgehead atoms. The van der Waals surface area contributed by atoms with E-state index in [0.29, 0.717) is 5.92 Å². The monoisotopic (exact) mass is 273 g/mol. The quantitative estimate of drug-likeness (QED) is 0.648. The highest BCUT2D eigenvalue weighted by Crippen LogP contribution is 2.20. The van der Waals surface area contributed by atoms with Gasteiger partial charge in [0.15, 0.2) is 0 Å². The summed E-state index contributed by atoms with van der Waals surface area (Å²) in [6.07, 6.45) is 4.02. The van der Waals surface area contributed by atoms with E-state index in [2.05, 4.69) is 34.6 Å². The summed E-state index contributed by atoms with van der Waals surface area (Å²) in [7, 11) is 0. The number of benzene rings is 1.